The molecule has 0 spiro atoms. The minimum Gasteiger partial charge on any atom is -0.309 e. The molecule has 5 aromatic carbocycles. The number of pyridine rings is 1. The summed E-state index contributed by atoms with van der Waals surface area (Å²) in [6.07, 6.45) is 0. The Hall–Kier alpha value is -5.66. The summed E-state index contributed by atoms with van der Waals surface area (Å²) in [5.41, 5.74) is 13.3. The van der Waals surface area contributed by atoms with Gasteiger partial charge >= 0.3 is 0 Å². The second-order valence-corrected chi connectivity index (χ2v) is 11.9. The van der Waals surface area contributed by atoms with Gasteiger partial charge in [0.05, 0.1) is 39.0 Å². The molecule has 0 aliphatic rings. The maximum Gasteiger partial charge on any atom is 0.101 e. The smallest absolute Gasteiger partial charge is 0.101 e. The van der Waals surface area contributed by atoms with Gasteiger partial charge in [0, 0.05) is 38.5 Å². The summed E-state index contributed by atoms with van der Waals surface area (Å²) in [5.74, 6) is 0. The highest BCUT2D eigenvalue weighted by Gasteiger charge is 2.22. The molecule has 3 heterocycles. The summed E-state index contributed by atoms with van der Waals surface area (Å²) >= 11 is 0. The molecule has 0 aliphatic heterocycles. The highest BCUT2D eigenvalue weighted by molar-refractivity contribution is 6.11. The molecule has 210 valence electrons. The molecular formula is C40H30N4. The van der Waals surface area contributed by atoms with Crippen LogP contribution in [0.25, 0.3) is 66.1 Å². The van der Waals surface area contributed by atoms with Gasteiger partial charge in [-0.05, 0) is 92.9 Å². The first-order valence-electron chi connectivity index (χ1n) is 15.0. The SMILES string of the molecule is Cc1ccc2c3ccccc3n(-c3cc(-c4cc(C)nc(C)c4)c(-n4c5ccccc5c5ccc(C)cc54)cc3C#N)c2c1. The number of rotatable bonds is 3. The van der Waals surface area contributed by atoms with Crippen molar-refractivity contribution >= 4 is 43.6 Å². The van der Waals surface area contributed by atoms with Crippen LogP contribution in [0.15, 0.2) is 109 Å². The van der Waals surface area contributed by atoms with Gasteiger partial charge in [0.15, 0.2) is 0 Å². The molecule has 0 unspecified atom stereocenters. The standard InChI is InChI=1S/C40H30N4/c1-24-13-15-32-30-9-5-7-11-35(30)43(38(32)17-24)37-22-34(28-19-26(3)42-27(4)20-28)40(21-29(37)23-41)44-36-12-8-6-10-31(36)33-16-14-25(2)18-39(33)44/h5-22H,1-4H3. The Morgan fingerprint density at radius 2 is 1.02 bits per heavy atom. The molecule has 3 aromatic heterocycles. The van der Waals surface area contributed by atoms with E-state index in [1.165, 1.54) is 32.7 Å². The van der Waals surface area contributed by atoms with E-state index in [9.17, 15) is 5.26 Å². The number of hydrogen-bond donors (Lipinski definition) is 0. The van der Waals surface area contributed by atoms with E-state index in [1.54, 1.807) is 0 Å². The van der Waals surface area contributed by atoms with Crippen molar-refractivity contribution < 1.29 is 0 Å². The maximum absolute atomic E-state index is 10.8. The minimum absolute atomic E-state index is 0.619. The zero-order valence-electron chi connectivity index (χ0n) is 25.2. The number of nitriles is 1. The van der Waals surface area contributed by atoms with Crippen molar-refractivity contribution in [2.75, 3.05) is 0 Å². The van der Waals surface area contributed by atoms with E-state index in [0.29, 0.717) is 5.56 Å². The van der Waals surface area contributed by atoms with Gasteiger partial charge in [0.25, 0.3) is 0 Å². The van der Waals surface area contributed by atoms with Gasteiger partial charge in [0.2, 0.25) is 0 Å². The fourth-order valence-electron chi connectivity index (χ4n) is 6.94. The zero-order valence-corrected chi connectivity index (χ0v) is 25.2. The van der Waals surface area contributed by atoms with Crippen LogP contribution in [0, 0.1) is 39.0 Å². The monoisotopic (exact) mass is 566 g/mol. The Morgan fingerprint density at radius 1 is 0.523 bits per heavy atom. The highest BCUT2D eigenvalue weighted by atomic mass is 15.0. The number of benzene rings is 5. The maximum atomic E-state index is 10.8. The van der Waals surface area contributed by atoms with Crippen LogP contribution in [-0.4, -0.2) is 14.1 Å². The first-order chi connectivity index (χ1) is 21.4. The van der Waals surface area contributed by atoms with Crippen LogP contribution in [-0.2, 0) is 0 Å². The van der Waals surface area contributed by atoms with Crippen molar-refractivity contribution in [3.8, 4) is 28.6 Å². The minimum atomic E-state index is 0.619. The van der Waals surface area contributed by atoms with Crippen molar-refractivity contribution in [2.45, 2.75) is 27.7 Å². The topological polar surface area (TPSA) is 46.5 Å². The molecule has 0 saturated heterocycles. The van der Waals surface area contributed by atoms with Crippen LogP contribution in [0.4, 0.5) is 0 Å². The van der Waals surface area contributed by atoms with Crippen molar-refractivity contribution in [3.05, 3.63) is 137 Å². The lowest BCUT2D eigenvalue weighted by Gasteiger charge is -2.19. The predicted octanol–water partition coefficient (Wildman–Crippen LogP) is 10.0. The van der Waals surface area contributed by atoms with Gasteiger partial charge in [-0.2, -0.15) is 5.26 Å². The molecule has 0 amide bonds. The largest absolute Gasteiger partial charge is 0.309 e. The molecule has 0 fully saturated rings. The van der Waals surface area contributed by atoms with Gasteiger partial charge in [0.1, 0.15) is 6.07 Å². The van der Waals surface area contributed by atoms with Crippen molar-refractivity contribution in [2.24, 2.45) is 0 Å². The van der Waals surface area contributed by atoms with Crippen LogP contribution in [0.2, 0.25) is 0 Å². The van der Waals surface area contributed by atoms with Gasteiger partial charge in [-0.25, -0.2) is 0 Å². The number of aromatic nitrogens is 3. The molecular weight excluding hydrogens is 536 g/mol. The highest BCUT2D eigenvalue weighted by Crippen LogP contribution is 2.41. The van der Waals surface area contributed by atoms with E-state index in [-0.39, 0.29) is 0 Å². The fraction of sp³-hybridized carbons (Fsp3) is 0.100. The molecule has 8 rings (SSSR count). The van der Waals surface area contributed by atoms with Crippen molar-refractivity contribution in [1.29, 1.82) is 5.26 Å². The number of nitrogens with zero attached hydrogens (tertiary/aromatic N) is 4. The normalized spacial score (nSPS) is 11.6. The molecule has 4 heteroatoms. The van der Waals surface area contributed by atoms with Gasteiger partial charge < -0.3 is 9.13 Å². The van der Waals surface area contributed by atoms with E-state index in [2.05, 4.69) is 138 Å². The number of para-hydroxylation sites is 2. The summed E-state index contributed by atoms with van der Waals surface area (Å²) in [7, 11) is 0. The third-order valence-corrected chi connectivity index (χ3v) is 8.77. The molecule has 44 heavy (non-hydrogen) atoms. The van der Waals surface area contributed by atoms with E-state index < -0.39 is 0 Å². The fourth-order valence-corrected chi connectivity index (χ4v) is 6.94. The first-order valence-corrected chi connectivity index (χ1v) is 15.0. The number of hydrogen-bond acceptors (Lipinski definition) is 2. The number of fused-ring (bicyclic) bond motifs is 6. The number of aryl methyl sites for hydroxylation is 4. The molecule has 0 saturated carbocycles. The van der Waals surface area contributed by atoms with Gasteiger partial charge in [-0.1, -0.05) is 60.7 Å². The molecule has 0 aliphatic carbocycles. The van der Waals surface area contributed by atoms with Crippen molar-refractivity contribution in [3.63, 3.8) is 0 Å². The third kappa shape index (κ3) is 3.87. The van der Waals surface area contributed by atoms with Gasteiger partial charge in [-0.3, -0.25) is 4.98 Å². The summed E-state index contributed by atoms with van der Waals surface area (Å²) in [4.78, 5) is 4.70. The molecule has 0 bridgehead atoms. The Balaban J connectivity index is 1.55. The molecule has 4 nitrogen and oxygen atoms in total. The van der Waals surface area contributed by atoms with E-state index in [4.69, 9.17) is 4.98 Å². The summed E-state index contributed by atoms with van der Waals surface area (Å²) in [6.45, 7) is 8.33. The summed E-state index contributed by atoms with van der Waals surface area (Å²) < 4.78 is 4.60. The summed E-state index contributed by atoms with van der Waals surface area (Å²) in [5, 5.41) is 15.5. The molecule has 8 aromatic rings. The Kier molecular flexibility index (Phi) is 5.73. The summed E-state index contributed by atoms with van der Waals surface area (Å²) in [6, 6.07) is 41.4. The first kappa shape index (κ1) is 26.0. The Bertz CT molecular complexity index is 2480. The van der Waals surface area contributed by atoms with E-state index in [1.807, 2.05) is 13.8 Å². The van der Waals surface area contributed by atoms with Crippen LogP contribution >= 0.6 is 0 Å². The second-order valence-electron chi connectivity index (χ2n) is 11.9. The quantitative estimate of drug-likeness (QED) is 0.214. The molecule has 0 radical (unpaired) electrons. The Labute approximate surface area is 256 Å². The Morgan fingerprint density at radius 3 is 1.57 bits per heavy atom. The average molecular weight is 567 g/mol. The zero-order chi connectivity index (χ0) is 30.1. The van der Waals surface area contributed by atoms with Crippen LogP contribution in [0.5, 0.6) is 0 Å². The van der Waals surface area contributed by atoms with Gasteiger partial charge in [-0.15, -0.1) is 0 Å². The van der Waals surface area contributed by atoms with Crippen molar-refractivity contribution in [1.82, 2.24) is 14.1 Å². The lowest BCUT2D eigenvalue weighted by molar-refractivity contribution is 1.11. The predicted molar refractivity (Wildman–Crippen MR) is 182 cm³/mol. The second kappa shape index (κ2) is 9.69. The lowest BCUT2D eigenvalue weighted by atomic mass is 9.98. The average Bonchev–Trinajstić information content (AvgIpc) is 3.51. The van der Waals surface area contributed by atoms with Crippen LogP contribution in [0.1, 0.15) is 28.1 Å². The third-order valence-electron chi connectivity index (χ3n) is 8.77. The van der Waals surface area contributed by atoms with Crippen LogP contribution in [0.3, 0.4) is 0 Å². The lowest BCUT2D eigenvalue weighted by Crippen LogP contribution is -2.04. The molecule has 0 atom stereocenters. The molecule has 0 N–H and O–H groups in total. The van der Waals surface area contributed by atoms with E-state index in [0.717, 1.165) is 56.0 Å². The van der Waals surface area contributed by atoms with Crippen LogP contribution < -0.4 is 0 Å². The van der Waals surface area contributed by atoms with E-state index >= 15 is 0 Å².